The highest BCUT2D eigenvalue weighted by atomic mass is 28.3. The van der Waals surface area contributed by atoms with E-state index in [-0.39, 0.29) is 0 Å². The average Bonchev–Trinajstić information content (AvgIpc) is 2.43. The van der Waals surface area contributed by atoms with Gasteiger partial charge in [0.1, 0.15) is 0 Å². The molecule has 0 saturated heterocycles. The number of hydrogen-bond donors (Lipinski definition) is 0. The molecule has 0 atom stereocenters. The predicted octanol–water partition coefficient (Wildman–Crippen LogP) is 5.92. The molecule has 2 rings (SSSR count). The fourth-order valence-corrected chi connectivity index (χ4v) is 4.30. The molecule has 0 saturated carbocycles. The SMILES string of the molecule is Cc1cccc(C)c1N=CN(c1c(C)cccc1C)[Si](C)(C)C. The number of benzene rings is 2. The highest BCUT2D eigenvalue weighted by Gasteiger charge is 2.25. The fourth-order valence-electron chi connectivity index (χ4n) is 2.88. The molecule has 122 valence electrons. The van der Waals surface area contributed by atoms with E-state index in [1.807, 2.05) is 0 Å². The Bertz CT molecular complexity index is 686. The first-order valence-corrected chi connectivity index (χ1v) is 11.6. The van der Waals surface area contributed by atoms with E-state index in [0.717, 1.165) is 5.69 Å². The van der Waals surface area contributed by atoms with Gasteiger partial charge in [-0.2, -0.15) is 0 Å². The van der Waals surface area contributed by atoms with Crippen LogP contribution in [0.2, 0.25) is 19.6 Å². The molecular formula is C20H28N2Si. The molecule has 3 heteroatoms. The summed E-state index contributed by atoms with van der Waals surface area (Å²) in [5.41, 5.74) is 7.45. The third-order valence-electron chi connectivity index (χ3n) is 4.14. The van der Waals surface area contributed by atoms with Crippen LogP contribution >= 0.6 is 0 Å². The van der Waals surface area contributed by atoms with Crippen molar-refractivity contribution in [2.24, 2.45) is 4.99 Å². The Morgan fingerprint density at radius 2 is 1.22 bits per heavy atom. The second-order valence-corrected chi connectivity index (χ2v) is 12.1. The molecule has 23 heavy (non-hydrogen) atoms. The smallest absolute Gasteiger partial charge is 0.154 e. The standard InChI is InChI=1S/C20H28N2Si/c1-15-10-8-11-16(2)19(15)21-14-22(23(5,6)7)20-17(3)12-9-13-18(20)4/h8-14H,1-7H3. The van der Waals surface area contributed by atoms with Gasteiger partial charge in [-0.25, -0.2) is 4.99 Å². The van der Waals surface area contributed by atoms with E-state index in [0.29, 0.717) is 0 Å². The summed E-state index contributed by atoms with van der Waals surface area (Å²) in [6.45, 7) is 15.7. The Balaban J connectivity index is 2.52. The van der Waals surface area contributed by atoms with E-state index in [4.69, 9.17) is 4.99 Å². The first-order chi connectivity index (χ1) is 10.7. The first kappa shape index (κ1) is 17.5. The Morgan fingerprint density at radius 1 is 0.783 bits per heavy atom. The Kier molecular flexibility index (Phi) is 5.10. The van der Waals surface area contributed by atoms with E-state index in [1.165, 1.54) is 27.9 Å². The summed E-state index contributed by atoms with van der Waals surface area (Å²) >= 11 is 0. The summed E-state index contributed by atoms with van der Waals surface area (Å²) in [4.78, 5) is 4.87. The van der Waals surface area contributed by atoms with Crippen molar-refractivity contribution in [1.82, 2.24) is 0 Å². The molecule has 0 aliphatic heterocycles. The van der Waals surface area contributed by atoms with Gasteiger partial charge in [0.25, 0.3) is 0 Å². The van der Waals surface area contributed by atoms with Crippen molar-refractivity contribution in [3.63, 3.8) is 0 Å². The minimum atomic E-state index is -1.59. The van der Waals surface area contributed by atoms with E-state index >= 15 is 0 Å². The molecular weight excluding hydrogens is 296 g/mol. The van der Waals surface area contributed by atoms with Gasteiger partial charge in [0, 0.05) is 5.69 Å². The highest BCUT2D eigenvalue weighted by molar-refractivity contribution is 6.82. The largest absolute Gasteiger partial charge is 0.360 e. The molecule has 0 N–H and O–H groups in total. The zero-order valence-corrected chi connectivity index (χ0v) is 16.4. The molecule has 0 fully saturated rings. The zero-order valence-electron chi connectivity index (χ0n) is 15.4. The van der Waals surface area contributed by atoms with Crippen molar-refractivity contribution in [2.75, 3.05) is 4.57 Å². The summed E-state index contributed by atoms with van der Waals surface area (Å²) in [6, 6.07) is 12.8. The van der Waals surface area contributed by atoms with Gasteiger partial charge in [0.05, 0.1) is 12.0 Å². The normalized spacial score (nSPS) is 12.0. The minimum Gasteiger partial charge on any atom is -0.360 e. The lowest BCUT2D eigenvalue weighted by Gasteiger charge is -2.34. The molecule has 0 heterocycles. The van der Waals surface area contributed by atoms with Crippen LogP contribution in [0.25, 0.3) is 0 Å². The summed E-state index contributed by atoms with van der Waals surface area (Å²) in [5, 5.41) is 0. The highest BCUT2D eigenvalue weighted by Crippen LogP contribution is 2.29. The molecule has 0 aliphatic rings. The molecule has 2 aromatic rings. The van der Waals surface area contributed by atoms with E-state index in [1.54, 1.807) is 0 Å². The van der Waals surface area contributed by atoms with Crippen LogP contribution in [0.15, 0.2) is 41.4 Å². The van der Waals surface area contributed by atoms with Crippen molar-refractivity contribution >= 4 is 25.9 Å². The molecule has 0 amide bonds. The summed E-state index contributed by atoms with van der Waals surface area (Å²) in [6.07, 6.45) is 2.05. The zero-order chi connectivity index (χ0) is 17.2. The van der Waals surface area contributed by atoms with Crippen LogP contribution in [-0.2, 0) is 0 Å². The molecule has 2 aromatic carbocycles. The van der Waals surface area contributed by atoms with Gasteiger partial charge in [-0.1, -0.05) is 56.0 Å². The first-order valence-electron chi connectivity index (χ1n) is 8.18. The molecule has 0 unspecified atom stereocenters. The molecule has 0 aliphatic carbocycles. The third-order valence-corrected chi connectivity index (χ3v) is 5.93. The summed E-state index contributed by atoms with van der Waals surface area (Å²) in [7, 11) is -1.59. The quantitative estimate of drug-likeness (QED) is 0.387. The van der Waals surface area contributed by atoms with Crippen LogP contribution in [0.4, 0.5) is 11.4 Å². The molecule has 0 aromatic heterocycles. The maximum absolute atomic E-state index is 4.87. The lowest BCUT2D eigenvalue weighted by molar-refractivity contribution is 1.27. The van der Waals surface area contributed by atoms with E-state index < -0.39 is 8.24 Å². The van der Waals surface area contributed by atoms with Gasteiger partial charge >= 0.3 is 0 Å². The summed E-state index contributed by atoms with van der Waals surface area (Å²) in [5.74, 6) is 0. The van der Waals surface area contributed by atoms with Crippen molar-refractivity contribution in [1.29, 1.82) is 0 Å². The van der Waals surface area contributed by atoms with Crippen LogP contribution in [0, 0.1) is 27.7 Å². The van der Waals surface area contributed by atoms with Gasteiger partial charge < -0.3 is 4.57 Å². The van der Waals surface area contributed by atoms with E-state index in [9.17, 15) is 0 Å². The number of para-hydroxylation sites is 2. The summed E-state index contributed by atoms with van der Waals surface area (Å²) < 4.78 is 2.42. The maximum atomic E-state index is 4.87. The number of aliphatic imine (C=N–C) groups is 1. The van der Waals surface area contributed by atoms with Crippen LogP contribution in [0.5, 0.6) is 0 Å². The monoisotopic (exact) mass is 324 g/mol. The Morgan fingerprint density at radius 3 is 1.65 bits per heavy atom. The molecule has 0 spiro atoms. The van der Waals surface area contributed by atoms with Crippen molar-refractivity contribution < 1.29 is 0 Å². The third kappa shape index (κ3) is 3.91. The predicted molar refractivity (Wildman–Crippen MR) is 106 cm³/mol. The van der Waals surface area contributed by atoms with Crippen LogP contribution in [0.1, 0.15) is 22.3 Å². The van der Waals surface area contributed by atoms with Crippen LogP contribution in [0.3, 0.4) is 0 Å². The number of rotatable bonds is 4. The Labute approximate surface area is 142 Å². The van der Waals surface area contributed by atoms with Gasteiger partial charge in [-0.15, -0.1) is 0 Å². The minimum absolute atomic E-state index is 1.09. The van der Waals surface area contributed by atoms with Gasteiger partial charge in [0.2, 0.25) is 0 Å². The number of hydrogen-bond acceptors (Lipinski definition) is 1. The van der Waals surface area contributed by atoms with Gasteiger partial charge in [-0.05, 0) is 49.9 Å². The second kappa shape index (κ2) is 6.71. The average molecular weight is 325 g/mol. The molecule has 0 radical (unpaired) electrons. The Hall–Kier alpha value is -1.87. The number of anilines is 1. The lowest BCUT2D eigenvalue weighted by Crippen LogP contribution is -2.46. The van der Waals surface area contributed by atoms with Crippen molar-refractivity contribution in [3.8, 4) is 0 Å². The van der Waals surface area contributed by atoms with Crippen molar-refractivity contribution in [2.45, 2.75) is 47.3 Å². The number of nitrogens with zero attached hydrogens (tertiary/aromatic N) is 2. The van der Waals surface area contributed by atoms with Crippen LogP contribution < -0.4 is 4.57 Å². The number of aryl methyl sites for hydroxylation is 4. The van der Waals surface area contributed by atoms with Crippen molar-refractivity contribution in [3.05, 3.63) is 58.7 Å². The van der Waals surface area contributed by atoms with Crippen LogP contribution in [-0.4, -0.2) is 14.6 Å². The van der Waals surface area contributed by atoms with E-state index in [2.05, 4.69) is 94.6 Å². The maximum Gasteiger partial charge on any atom is 0.154 e. The fraction of sp³-hybridized carbons (Fsp3) is 0.350. The topological polar surface area (TPSA) is 15.6 Å². The van der Waals surface area contributed by atoms with Gasteiger partial charge in [0.15, 0.2) is 8.24 Å². The lowest BCUT2D eigenvalue weighted by atomic mass is 10.1. The molecule has 2 nitrogen and oxygen atoms in total. The molecule has 0 bridgehead atoms. The second-order valence-electron chi connectivity index (χ2n) is 7.27. The van der Waals surface area contributed by atoms with Gasteiger partial charge in [-0.3, -0.25) is 0 Å².